The molecular formula is C30H23F3N2O6. The lowest BCUT2D eigenvalue weighted by Crippen LogP contribution is -2.55. The first-order valence-corrected chi connectivity index (χ1v) is 13.0. The molecule has 0 saturated carbocycles. The Balaban J connectivity index is 1.13. The minimum atomic E-state index is -5.06. The van der Waals surface area contributed by atoms with Crippen molar-refractivity contribution in [1.29, 1.82) is 0 Å². The third-order valence-electron chi connectivity index (χ3n) is 8.08. The Labute approximate surface area is 232 Å². The number of fused-ring (bicyclic) bond motifs is 4. The van der Waals surface area contributed by atoms with E-state index >= 15 is 0 Å². The Morgan fingerprint density at radius 2 is 1.24 bits per heavy atom. The van der Waals surface area contributed by atoms with Crippen molar-refractivity contribution in [3.8, 4) is 11.1 Å². The number of alkyl halides is 3. The molecule has 2 heterocycles. The van der Waals surface area contributed by atoms with E-state index in [-0.39, 0.29) is 28.7 Å². The lowest BCUT2D eigenvalue weighted by atomic mass is 9.77. The molecule has 41 heavy (non-hydrogen) atoms. The minimum absolute atomic E-state index is 0.00441. The zero-order valence-corrected chi connectivity index (χ0v) is 21.5. The smallest absolute Gasteiger partial charge is 0.409 e. The number of hydrogen-bond donors (Lipinski definition) is 0. The summed E-state index contributed by atoms with van der Waals surface area (Å²) in [5.41, 5.74) is 0.900. The van der Waals surface area contributed by atoms with Crippen LogP contribution in [0.15, 0.2) is 72.8 Å². The van der Waals surface area contributed by atoms with Crippen molar-refractivity contribution in [1.82, 2.24) is 9.96 Å². The highest BCUT2D eigenvalue weighted by Gasteiger charge is 2.63. The molecule has 0 radical (unpaired) electrons. The van der Waals surface area contributed by atoms with Crippen molar-refractivity contribution in [2.75, 3.05) is 19.7 Å². The van der Waals surface area contributed by atoms with Gasteiger partial charge in [0.05, 0.1) is 11.1 Å². The molecule has 6 rings (SSSR count). The Hall–Kier alpha value is -4.67. The highest BCUT2D eigenvalue weighted by atomic mass is 19.4. The normalized spacial score (nSPS) is 17.6. The number of carbonyl (C=O) groups excluding carboxylic acids is 4. The molecule has 0 atom stereocenters. The number of ether oxygens (including phenoxy) is 1. The molecule has 3 aliphatic rings. The van der Waals surface area contributed by atoms with Crippen LogP contribution in [0.25, 0.3) is 11.1 Å². The maximum Gasteiger partial charge on any atom is 0.409 e. The number of imide groups is 1. The Kier molecular flexibility index (Phi) is 6.32. The number of hydroxylamine groups is 2. The fourth-order valence-electron chi connectivity index (χ4n) is 5.78. The molecule has 2 aliphatic heterocycles. The van der Waals surface area contributed by atoms with Gasteiger partial charge in [-0.2, -0.15) is 13.2 Å². The van der Waals surface area contributed by atoms with Crippen LogP contribution in [0.4, 0.5) is 18.0 Å². The van der Waals surface area contributed by atoms with Gasteiger partial charge >= 0.3 is 18.2 Å². The molecule has 11 heteroatoms. The first-order chi connectivity index (χ1) is 19.6. The molecule has 1 saturated heterocycles. The van der Waals surface area contributed by atoms with Crippen LogP contribution in [0.5, 0.6) is 0 Å². The maximum atomic E-state index is 14.3. The van der Waals surface area contributed by atoms with Gasteiger partial charge in [0.15, 0.2) is 5.41 Å². The van der Waals surface area contributed by atoms with E-state index < -0.39 is 61.4 Å². The summed E-state index contributed by atoms with van der Waals surface area (Å²) in [6.45, 7) is -0.879. The van der Waals surface area contributed by atoms with Crippen LogP contribution >= 0.6 is 0 Å². The molecule has 3 amide bonds. The van der Waals surface area contributed by atoms with Crippen LogP contribution in [-0.2, 0) is 14.4 Å². The summed E-state index contributed by atoms with van der Waals surface area (Å²) in [7, 11) is 0. The summed E-state index contributed by atoms with van der Waals surface area (Å²) in [5.74, 6) is -4.04. The average molecular weight is 565 g/mol. The zero-order chi connectivity index (χ0) is 28.9. The average Bonchev–Trinajstić information content (AvgIpc) is 3.42. The topological polar surface area (TPSA) is 93.2 Å². The summed E-state index contributed by atoms with van der Waals surface area (Å²) in [6, 6.07) is 21.1. The number of piperidine rings is 1. The molecule has 0 bridgehead atoms. The Morgan fingerprint density at radius 3 is 1.73 bits per heavy atom. The van der Waals surface area contributed by atoms with Gasteiger partial charge in [-0.05, 0) is 47.2 Å². The molecule has 0 N–H and O–H groups in total. The first kappa shape index (κ1) is 26.5. The Morgan fingerprint density at radius 1 is 0.780 bits per heavy atom. The summed E-state index contributed by atoms with van der Waals surface area (Å²) in [4.78, 5) is 56.8. The fourth-order valence-corrected chi connectivity index (χ4v) is 5.78. The molecular weight excluding hydrogens is 541 g/mol. The van der Waals surface area contributed by atoms with E-state index in [0.717, 1.165) is 27.2 Å². The van der Waals surface area contributed by atoms with Gasteiger partial charge in [-0.25, -0.2) is 9.59 Å². The number of carbonyl (C=O) groups is 4. The summed E-state index contributed by atoms with van der Waals surface area (Å²) < 4.78 is 48.5. The number of likely N-dealkylation sites (tertiary alicyclic amines) is 1. The molecule has 8 nitrogen and oxygen atoms in total. The molecule has 1 aliphatic carbocycles. The van der Waals surface area contributed by atoms with Crippen molar-refractivity contribution in [3.63, 3.8) is 0 Å². The van der Waals surface area contributed by atoms with Crippen molar-refractivity contribution >= 4 is 23.9 Å². The highest BCUT2D eigenvalue weighted by Crippen LogP contribution is 2.48. The quantitative estimate of drug-likeness (QED) is 0.398. The van der Waals surface area contributed by atoms with Crippen molar-refractivity contribution in [3.05, 3.63) is 95.1 Å². The van der Waals surface area contributed by atoms with E-state index in [9.17, 15) is 32.3 Å². The summed E-state index contributed by atoms with van der Waals surface area (Å²) in [6.07, 6.45) is -7.49. The second-order valence-corrected chi connectivity index (χ2v) is 10.2. The number of nitrogens with zero attached hydrogens (tertiary/aromatic N) is 2. The van der Waals surface area contributed by atoms with E-state index in [1.165, 1.54) is 24.3 Å². The number of hydrogen-bond acceptors (Lipinski definition) is 6. The number of halogens is 3. The van der Waals surface area contributed by atoms with E-state index in [0.29, 0.717) is 0 Å². The van der Waals surface area contributed by atoms with Crippen LogP contribution in [0.3, 0.4) is 0 Å². The maximum absolute atomic E-state index is 14.3. The van der Waals surface area contributed by atoms with Gasteiger partial charge < -0.3 is 14.5 Å². The zero-order valence-electron chi connectivity index (χ0n) is 21.5. The predicted molar refractivity (Wildman–Crippen MR) is 137 cm³/mol. The molecule has 0 aromatic heterocycles. The lowest BCUT2D eigenvalue weighted by molar-refractivity contribution is -0.254. The third kappa shape index (κ3) is 4.23. The summed E-state index contributed by atoms with van der Waals surface area (Å²) >= 11 is 0. The van der Waals surface area contributed by atoms with Crippen LogP contribution in [0.2, 0.25) is 0 Å². The van der Waals surface area contributed by atoms with Gasteiger partial charge in [0.2, 0.25) is 0 Å². The second-order valence-electron chi connectivity index (χ2n) is 10.2. The van der Waals surface area contributed by atoms with Crippen LogP contribution in [0, 0.1) is 5.41 Å². The molecule has 0 unspecified atom stereocenters. The fraction of sp³-hybridized carbons (Fsp3) is 0.267. The van der Waals surface area contributed by atoms with Gasteiger partial charge in [0.25, 0.3) is 11.8 Å². The molecule has 210 valence electrons. The standard InChI is InChI=1S/C30H23F3N2O6/c31-30(32,33)29(27(38)41-35-25(36)22-11-5-6-12-23(22)26(35)37)13-15-34(16-14-29)28(39)40-17-24-20-9-3-1-7-18(20)19-8-2-4-10-21(19)24/h1-12,24H,13-17H2. The number of benzene rings is 3. The summed E-state index contributed by atoms with van der Waals surface area (Å²) in [5, 5.41) is 0.0679. The van der Waals surface area contributed by atoms with Crippen LogP contribution in [-0.4, -0.2) is 59.7 Å². The van der Waals surface area contributed by atoms with Gasteiger partial charge in [-0.15, -0.1) is 0 Å². The van der Waals surface area contributed by atoms with Crippen LogP contribution < -0.4 is 0 Å². The van der Waals surface area contributed by atoms with Crippen molar-refractivity contribution in [2.45, 2.75) is 24.9 Å². The monoisotopic (exact) mass is 564 g/mol. The first-order valence-electron chi connectivity index (χ1n) is 13.0. The molecule has 0 spiro atoms. The van der Waals surface area contributed by atoms with E-state index in [1.807, 2.05) is 48.5 Å². The Bertz CT molecular complexity index is 1500. The minimum Gasteiger partial charge on any atom is -0.448 e. The predicted octanol–water partition coefficient (Wildman–Crippen LogP) is 5.33. The van der Waals surface area contributed by atoms with Gasteiger partial charge in [0.1, 0.15) is 6.61 Å². The number of amides is 3. The van der Waals surface area contributed by atoms with Gasteiger partial charge in [0, 0.05) is 19.0 Å². The largest absolute Gasteiger partial charge is 0.448 e. The SMILES string of the molecule is O=C(OCC1c2ccccc2-c2ccccc21)N1CCC(C(=O)ON2C(=O)c3ccccc3C2=O)(C(F)(F)F)CC1. The highest BCUT2D eigenvalue weighted by molar-refractivity contribution is 6.21. The number of rotatable bonds is 4. The van der Waals surface area contributed by atoms with Crippen LogP contribution in [0.1, 0.15) is 50.6 Å². The van der Waals surface area contributed by atoms with E-state index in [1.54, 1.807) is 0 Å². The third-order valence-corrected chi connectivity index (χ3v) is 8.08. The van der Waals surface area contributed by atoms with Gasteiger partial charge in [-0.3, -0.25) is 9.59 Å². The second kappa shape index (κ2) is 9.76. The van der Waals surface area contributed by atoms with E-state index in [4.69, 9.17) is 9.57 Å². The molecule has 3 aromatic carbocycles. The van der Waals surface area contributed by atoms with Gasteiger partial charge in [-0.1, -0.05) is 65.7 Å². The lowest BCUT2D eigenvalue weighted by Gasteiger charge is -2.40. The molecule has 3 aromatic rings. The van der Waals surface area contributed by atoms with E-state index in [2.05, 4.69) is 0 Å². The molecule has 1 fully saturated rings. The van der Waals surface area contributed by atoms with Crippen molar-refractivity contribution < 1.29 is 41.9 Å². The van der Waals surface area contributed by atoms with Crippen molar-refractivity contribution in [2.24, 2.45) is 5.41 Å².